The van der Waals surface area contributed by atoms with E-state index >= 15 is 0 Å². The first-order valence-electron chi connectivity index (χ1n) is 5.43. The molecule has 2 aliphatic rings. The third-order valence-corrected chi connectivity index (χ3v) is 4.39. The highest BCUT2D eigenvalue weighted by Crippen LogP contribution is 2.28. The van der Waals surface area contributed by atoms with Gasteiger partial charge in [-0.3, -0.25) is 0 Å². The van der Waals surface area contributed by atoms with Crippen molar-refractivity contribution in [1.82, 2.24) is 4.72 Å². The zero-order valence-electron chi connectivity index (χ0n) is 8.77. The molecule has 1 fully saturated rings. The van der Waals surface area contributed by atoms with Crippen LogP contribution in [0.4, 0.5) is 0 Å². The standard InChI is InChI=1S/C11H13NO3S/c13-16(14,12-9-1-2-9)10-3-4-11-8(7-10)5-6-15-11/h3-4,7,9,12H,1-2,5-6H2. The maximum atomic E-state index is 11.9. The van der Waals surface area contributed by atoms with Gasteiger partial charge in [0.05, 0.1) is 11.5 Å². The molecule has 0 saturated heterocycles. The van der Waals surface area contributed by atoms with E-state index in [0.29, 0.717) is 11.5 Å². The third-order valence-electron chi connectivity index (χ3n) is 2.87. The van der Waals surface area contributed by atoms with Crippen LogP contribution in [0.5, 0.6) is 5.75 Å². The van der Waals surface area contributed by atoms with Gasteiger partial charge >= 0.3 is 0 Å². The number of nitrogens with one attached hydrogen (secondary N) is 1. The largest absolute Gasteiger partial charge is 0.493 e. The Morgan fingerprint density at radius 3 is 2.88 bits per heavy atom. The molecule has 1 aliphatic carbocycles. The number of hydrogen-bond donors (Lipinski definition) is 1. The summed E-state index contributed by atoms with van der Waals surface area (Å²) < 4.78 is 31.9. The molecule has 0 spiro atoms. The maximum absolute atomic E-state index is 11.9. The molecule has 0 atom stereocenters. The number of fused-ring (bicyclic) bond motifs is 1. The van der Waals surface area contributed by atoms with Crippen molar-refractivity contribution < 1.29 is 13.2 Å². The molecule has 16 heavy (non-hydrogen) atoms. The summed E-state index contributed by atoms with van der Waals surface area (Å²) in [6.45, 7) is 0.648. The summed E-state index contributed by atoms with van der Waals surface area (Å²) in [7, 11) is -3.32. The molecule has 3 rings (SSSR count). The molecule has 4 nitrogen and oxygen atoms in total. The minimum Gasteiger partial charge on any atom is -0.493 e. The van der Waals surface area contributed by atoms with Crippen LogP contribution in [0.3, 0.4) is 0 Å². The Morgan fingerprint density at radius 1 is 1.31 bits per heavy atom. The van der Waals surface area contributed by atoms with Crippen LogP contribution in [-0.4, -0.2) is 21.1 Å². The second-order valence-electron chi connectivity index (χ2n) is 4.26. The van der Waals surface area contributed by atoms with Crippen molar-refractivity contribution in [2.75, 3.05) is 6.61 Å². The smallest absolute Gasteiger partial charge is 0.240 e. The van der Waals surface area contributed by atoms with Gasteiger partial charge in [0.15, 0.2) is 0 Å². The van der Waals surface area contributed by atoms with Crippen molar-refractivity contribution in [3.63, 3.8) is 0 Å². The fourth-order valence-electron chi connectivity index (χ4n) is 1.82. The number of benzene rings is 1. The maximum Gasteiger partial charge on any atom is 0.240 e. The van der Waals surface area contributed by atoms with E-state index in [1.807, 2.05) is 0 Å². The van der Waals surface area contributed by atoms with Gasteiger partial charge in [-0.1, -0.05) is 0 Å². The quantitative estimate of drug-likeness (QED) is 0.858. The van der Waals surface area contributed by atoms with Crippen LogP contribution < -0.4 is 9.46 Å². The Balaban J connectivity index is 1.93. The molecule has 1 aromatic rings. The highest BCUT2D eigenvalue weighted by atomic mass is 32.2. The molecule has 1 saturated carbocycles. The lowest BCUT2D eigenvalue weighted by Gasteiger charge is -2.06. The van der Waals surface area contributed by atoms with E-state index in [1.54, 1.807) is 18.2 Å². The van der Waals surface area contributed by atoms with E-state index < -0.39 is 10.0 Å². The molecule has 1 heterocycles. The Hall–Kier alpha value is -1.07. The van der Waals surface area contributed by atoms with Crippen molar-refractivity contribution in [2.45, 2.75) is 30.2 Å². The van der Waals surface area contributed by atoms with Gasteiger partial charge in [-0.15, -0.1) is 0 Å². The molecule has 0 radical (unpaired) electrons. The minimum absolute atomic E-state index is 0.148. The van der Waals surface area contributed by atoms with Crippen LogP contribution in [0.2, 0.25) is 0 Å². The van der Waals surface area contributed by atoms with Gasteiger partial charge in [-0.05, 0) is 36.6 Å². The first-order valence-corrected chi connectivity index (χ1v) is 6.91. The normalized spacial score (nSPS) is 19.2. The van der Waals surface area contributed by atoms with E-state index in [-0.39, 0.29) is 6.04 Å². The molecule has 0 unspecified atom stereocenters. The van der Waals surface area contributed by atoms with Gasteiger partial charge in [0.2, 0.25) is 10.0 Å². The Labute approximate surface area is 94.7 Å². The van der Waals surface area contributed by atoms with Gasteiger partial charge in [0, 0.05) is 12.5 Å². The summed E-state index contributed by atoms with van der Waals surface area (Å²) >= 11 is 0. The van der Waals surface area contributed by atoms with Crippen LogP contribution in [0.15, 0.2) is 23.1 Å². The Morgan fingerprint density at radius 2 is 2.12 bits per heavy atom. The lowest BCUT2D eigenvalue weighted by Crippen LogP contribution is -2.25. The van der Waals surface area contributed by atoms with Crippen molar-refractivity contribution in [1.29, 1.82) is 0 Å². The molecule has 1 N–H and O–H groups in total. The summed E-state index contributed by atoms with van der Waals surface area (Å²) in [6.07, 6.45) is 2.70. The van der Waals surface area contributed by atoms with Crippen LogP contribution in [0, 0.1) is 0 Å². The number of ether oxygens (including phenoxy) is 1. The second-order valence-corrected chi connectivity index (χ2v) is 5.98. The molecule has 1 aromatic carbocycles. The van der Waals surface area contributed by atoms with Gasteiger partial charge < -0.3 is 4.74 Å². The van der Waals surface area contributed by atoms with E-state index in [2.05, 4.69) is 4.72 Å². The first kappa shape index (κ1) is 10.1. The molecule has 0 amide bonds. The molecule has 1 aliphatic heterocycles. The number of sulfonamides is 1. The van der Waals surface area contributed by atoms with Gasteiger partial charge in [0.25, 0.3) is 0 Å². The van der Waals surface area contributed by atoms with Crippen LogP contribution >= 0.6 is 0 Å². The van der Waals surface area contributed by atoms with E-state index in [1.165, 1.54) is 0 Å². The topological polar surface area (TPSA) is 55.4 Å². The average Bonchev–Trinajstić information content (AvgIpc) is 2.93. The SMILES string of the molecule is O=S(=O)(NC1CC1)c1ccc2c(c1)CCO2. The first-order chi connectivity index (χ1) is 7.65. The van der Waals surface area contributed by atoms with Crippen LogP contribution in [0.25, 0.3) is 0 Å². The second kappa shape index (κ2) is 3.46. The predicted molar refractivity (Wildman–Crippen MR) is 59.0 cm³/mol. The van der Waals surface area contributed by atoms with Crippen molar-refractivity contribution >= 4 is 10.0 Å². The molecule has 0 bridgehead atoms. The summed E-state index contributed by atoms with van der Waals surface area (Å²) in [5.74, 6) is 0.811. The fourth-order valence-corrected chi connectivity index (χ4v) is 3.17. The summed E-state index contributed by atoms with van der Waals surface area (Å²) in [4.78, 5) is 0.351. The van der Waals surface area contributed by atoms with Crippen molar-refractivity contribution in [3.05, 3.63) is 23.8 Å². The number of rotatable bonds is 3. The molecular weight excluding hydrogens is 226 g/mol. The lowest BCUT2D eigenvalue weighted by molar-refractivity contribution is 0.356. The van der Waals surface area contributed by atoms with Crippen LogP contribution in [0.1, 0.15) is 18.4 Å². The summed E-state index contributed by atoms with van der Waals surface area (Å²) in [5, 5.41) is 0. The van der Waals surface area contributed by atoms with Crippen molar-refractivity contribution in [2.24, 2.45) is 0 Å². The highest BCUT2D eigenvalue weighted by molar-refractivity contribution is 7.89. The Kier molecular flexibility index (Phi) is 2.19. The number of hydrogen-bond acceptors (Lipinski definition) is 3. The highest BCUT2D eigenvalue weighted by Gasteiger charge is 2.28. The molecule has 5 heteroatoms. The minimum atomic E-state index is -3.32. The van der Waals surface area contributed by atoms with E-state index in [4.69, 9.17) is 4.74 Å². The Bertz CT molecular complexity index is 520. The summed E-state index contributed by atoms with van der Waals surface area (Å²) in [6, 6.07) is 5.21. The summed E-state index contributed by atoms with van der Waals surface area (Å²) in [5.41, 5.74) is 0.985. The fraction of sp³-hybridized carbons (Fsp3) is 0.455. The van der Waals surface area contributed by atoms with Crippen LogP contribution in [-0.2, 0) is 16.4 Å². The van der Waals surface area contributed by atoms with Crippen molar-refractivity contribution in [3.8, 4) is 5.75 Å². The zero-order chi connectivity index (χ0) is 11.2. The van der Waals surface area contributed by atoms with Gasteiger partial charge in [-0.2, -0.15) is 0 Å². The molecule has 0 aromatic heterocycles. The molecule has 86 valence electrons. The van der Waals surface area contributed by atoms with E-state index in [9.17, 15) is 8.42 Å². The third kappa shape index (κ3) is 1.81. The lowest BCUT2D eigenvalue weighted by atomic mass is 10.2. The molecular formula is C11H13NO3S. The van der Waals surface area contributed by atoms with E-state index in [0.717, 1.165) is 30.6 Å². The van der Waals surface area contributed by atoms with Gasteiger partial charge in [-0.25, -0.2) is 13.1 Å². The monoisotopic (exact) mass is 239 g/mol. The zero-order valence-corrected chi connectivity index (χ0v) is 9.59. The average molecular weight is 239 g/mol. The predicted octanol–water partition coefficient (Wildman–Crippen LogP) is 1.06. The van der Waals surface area contributed by atoms with Gasteiger partial charge in [0.1, 0.15) is 5.75 Å².